The summed E-state index contributed by atoms with van der Waals surface area (Å²) in [6.45, 7) is 0. The maximum absolute atomic E-state index is 5.74. The molecule has 3 N–H and O–H groups in total. The molecule has 1 aliphatic carbocycles. The number of aryl methyl sites for hydroxylation is 1. The van der Waals surface area contributed by atoms with Gasteiger partial charge in [-0.05, 0) is 30.5 Å². The van der Waals surface area contributed by atoms with Crippen LogP contribution in [0.25, 0.3) is 0 Å². The van der Waals surface area contributed by atoms with Crippen LogP contribution in [0.1, 0.15) is 30.1 Å². The van der Waals surface area contributed by atoms with Crippen LogP contribution < -0.4 is 16.0 Å². The highest BCUT2D eigenvalue weighted by Crippen LogP contribution is 2.28. The molecule has 1 aromatic heterocycles. The topological polar surface area (TPSA) is 65.1 Å². The standard InChI is InChI=1S/C14H18N4O/c1-18-9-16-8-13(18)14(17-15)10-2-4-11(5-3-10)19-12-6-7-12/h2-5,8-9,12,14,17H,6-7,15H2,1H3. The summed E-state index contributed by atoms with van der Waals surface area (Å²) in [5.41, 5.74) is 4.95. The zero-order valence-electron chi connectivity index (χ0n) is 10.9. The molecule has 0 aliphatic heterocycles. The number of nitrogens with one attached hydrogen (secondary N) is 1. The second kappa shape index (κ2) is 5.03. The Bertz CT molecular complexity index is 545. The summed E-state index contributed by atoms with van der Waals surface area (Å²) in [7, 11) is 1.96. The first-order chi connectivity index (χ1) is 9.28. The van der Waals surface area contributed by atoms with Gasteiger partial charge in [-0.25, -0.2) is 10.4 Å². The van der Waals surface area contributed by atoms with Crippen molar-refractivity contribution in [2.45, 2.75) is 25.0 Å². The highest BCUT2D eigenvalue weighted by Gasteiger charge is 2.23. The fourth-order valence-corrected chi connectivity index (χ4v) is 2.12. The largest absolute Gasteiger partial charge is 0.490 e. The predicted octanol–water partition coefficient (Wildman–Crippen LogP) is 1.51. The van der Waals surface area contributed by atoms with Gasteiger partial charge in [0.2, 0.25) is 0 Å². The molecule has 100 valence electrons. The summed E-state index contributed by atoms with van der Waals surface area (Å²) in [5, 5.41) is 0. The third kappa shape index (κ3) is 2.62. The minimum absolute atomic E-state index is 0.0672. The Labute approximate surface area is 112 Å². The number of aromatic nitrogens is 2. The normalized spacial score (nSPS) is 16.3. The number of imidazole rings is 1. The third-order valence-corrected chi connectivity index (χ3v) is 3.36. The highest BCUT2D eigenvalue weighted by atomic mass is 16.5. The van der Waals surface area contributed by atoms with E-state index >= 15 is 0 Å². The fraction of sp³-hybridized carbons (Fsp3) is 0.357. The highest BCUT2D eigenvalue weighted by molar-refractivity contribution is 5.33. The molecule has 5 nitrogen and oxygen atoms in total. The van der Waals surface area contributed by atoms with Gasteiger partial charge in [0.1, 0.15) is 5.75 Å². The van der Waals surface area contributed by atoms with E-state index in [9.17, 15) is 0 Å². The third-order valence-electron chi connectivity index (χ3n) is 3.36. The SMILES string of the molecule is Cn1cncc1C(NN)c1ccc(OC2CC2)cc1. The predicted molar refractivity (Wildman–Crippen MR) is 72.5 cm³/mol. The second-order valence-electron chi connectivity index (χ2n) is 4.92. The molecule has 5 heteroatoms. The first-order valence-electron chi connectivity index (χ1n) is 6.47. The molecule has 1 fully saturated rings. The molecule has 1 aliphatic rings. The van der Waals surface area contributed by atoms with Crippen molar-refractivity contribution in [2.75, 3.05) is 0 Å². The van der Waals surface area contributed by atoms with E-state index in [-0.39, 0.29) is 6.04 Å². The zero-order valence-corrected chi connectivity index (χ0v) is 10.9. The van der Waals surface area contributed by atoms with E-state index in [4.69, 9.17) is 10.6 Å². The van der Waals surface area contributed by atoms with Crippen molar-refractivity contribution in [3.8, 4) is 5.75 Å². The first-order valence-corrected chi connectivity index (χ1v) is 6.47. The van der Waals surface area contributed by atoms with E-state index in [0.717, 1.165) is 17.0 Å². The maximum Gasteiger partial charge on any atom is 0.119 e. The van der Waals surface area contributed by atoms with Gasteiger partial charge in [-0.3, -0.25) is 5.84 Å². The molecule has 2 aromatic rings. The van der Waals surface area contributed by atoms with Crippen LogP contribution in [0.4, 0.5) is 0 Å². The molecule has 1 saturated carbocycles. The number of hydrogen-bond donors (Lipinski definition) is 2. The van der Waals surface area contributed by atoms with Crippen LogP contribution in [-0.4, -0.2) is 15.7 Å². The summed E-state index contributed by atoms with van der Waals surface area (Å²) >= 11 is 0. The first kappa shape index (κ1) is 12.2. The second-order valence-corrected chi connectivity index (χ2v) is 4.92. The molecule has 0 bridgehead atoms. The van der Waals surface area contributed by atoms with Gasteiger partial charge in [0.15, 0.2) is 0 Å². The van der Waals surface area contributed by atoms with E-state index in [1.165, 1.54) is 12.8 Å². The summed E-state index contributed by atoms with van der Waals surface area (Å²) in [5.74, 6) is 6.59. The van der Waals surface area contributed by atoms with Crippen molar-refractivity contribution in [2.24, 2.45) is 12.9 Å². The molecule has 1 unspecified atom stereocenters. The van der Waals surface area contributed by atoms with Crippen LogP contribution in [-0.2, 0) is 7.05 Å². The number of hydrogen-bond acceptors (Lipinski definition) is 4. The monoisotopic (exact) mass is 258 g/mol. The Morgan fingerprint density at radius 2 is 2.11 bits per heavy atom. The lowest BCUT2D eigenvalue weighted by Crippen LogP contribution is -2.30. The molecule has 1 aromatic carbocycles. The molecule has 1 atom stereocenters. The van der Waals surface area contributed by atoms with Crippen molar-refractivity contribution in [1.82, 2.24) is 15.0 Å². The Hall–Kier alpha value is -1.85. The van der Waals surface area contributed by atoms with E-state index in [1.54, 1.807) is 6.33 Å². The number of nitrogens with two attached hydrogens (primary N) is 1. The summed E-state index contributed by atoms with van der Waals surface area (Å²) in [6, 6.07) is 8.00. The molecule has 19 heavy (non-hydrogen) atoms. The summed E-state index contributed by atoms with van der Waals surface area (Å²) in [4.78, 5) is 4.12. The van der Waals surface area contributed by atoms with E-state index in [0.29, 0.717) is 6.10 Å². The molecule has 0 spiro atoms. The number of hydrazine groups is 1. The van der Waals surface area contributed by atoms with Crippen molar-refractivity contribution in [3.05, 3.63) is 48.0 Å². The average Bonchev–Trinajstić information content (AvgIpc) is 3.14. The lowest BCUT2D eigenvalue weighted by Gasteiger charge is -2.17. The van der Waals surface area contributed by atoms with E-state index < -0.39 is 0 Å². The lowest BCUT2D eigenvalue weighted by molar-refractivity contribution is 0.303. The summed E-state index contributed by atoms with van der Waals surface area (Å²) in [6.07, 6.45) is 6.35. The lowest BCUT2D eigenvalue weighted by atomic mass is 10.0. The molecular weight excluding hydrogens is 240 g/mol. The van der Waals surface area contributed by atoms with Gasteiger partial charge in [0.25, 0.3) is 0 Å². The van der Waals surface area contributed by atoms with Gasteiger partial charge in [-0.1, -0.05) is 12.1 Å². The van der Waals surface area contributed by atoms with E-state index in [1.807, 2.05) is 42.1 Å². The molecule has 3 rings (SSSR count). The molecular formula is C14H18N4O. The Balaban J connectivity index is 1.81. The molecule has 0 amide bonds. The number of nitrogens with zero attached hydrogens (tertiary/aromatic N) is 2. The van der Waals surface area contributed by atoms with Crippen LogP contribution >= 0.6 is 0 Å². The number of rotatable bonds is 5. The van der Waals surface area contributed by atoms with Crippen LogP contribution in [0.2, 0.25) is 0 Å². The maximum atomic E-state index is 5.74. The smallest absolute Gasteiger partial charge is 0.119 e. The quantitative estimate of drug-likeness (QED) is 0.630. The van der Waals surface area contributed by atoms with Crippen molar-refractivity contribution < 1.29 is 4.74 Å². The fourth-order valence-electron chi connectivity index (χ4n) is 2.12. The van der Waals surface area contributed by atoms with Crippen molar-refractivity contribution >= 4 is 0 Å². The van der Waals surface area contributed by atoms with Crippen LogP contribution in [0.5, 0.6) is 5.75 Å². The summed E-state index contributed by atoms with van der Waals surface area (Å²) < 4.78 is 7.70. The minimum Gasteiger partial charge on any atom is -0.490 e. The molecule has 0 saturated heterocycles. The van der Waals surface area contributed by atoms with Gasteiger partial charge in [-0.2, -0.15) is 0 Å². The van der Waals surface area contributed by atoms with Gasteiger partial charge >= 0.3 is 0 Å². The number of benzene rings is 1. The van der Waals surface area contributed by atoms with E-state index in [2.05, 4.69) is 10.4 Å². The van der Waals surface area contributed by atoms with Crippen LogP contribution in [0, 0.1) is 0 Å². The molecule has 0 radical (unpaired) electrons. The zero-order chi connectivity index (χ0) is 13.2. The minimum atomic E-state index is -0.0672. The Morgan fingerprint density at radius 1 is 1.37 bits per heavy atom. The van der Waals surface area contributed by atoms with Crippen molar-refractivity contribution in [1.29, 1.82) is 0 Å². The molecule has 1 heterocycles. The average molecular weight is 258 g/mol. The van der Waals surface area contributed by atoms with Crippen molar-refractivity contribution in [3.63, 3.8) is 0 Å². The van der Waals surface area contributed by atoms with Gasteiger partial charge in [-0.15, -0.1) is 0 Å². The van der Waals surface area contributed by atoms with Gasteiger partial charge < -0.3 is 9.30 Å². The van der Waals surface area contributed by atoms with Gasteiger partial charge in [0, 0.05) is 7.05 Å². The Morgan fingerprint density at radius 3 is 2.63 bits per heavy atom. The Kier molecular flexibility index (Phi) is 3.23. The number of ether oxygens (including phenoxy) is 1. The van der Waals surface area contributed by atoms with Crippen LogP contribution in [0.15, 0.2) is 36.8 Å². The van der Waals surface area contributed by atoms with Gasteiger partial charge in [0.05, 0.1) is 30.4 Å². The van der Waals surface area contributed by atoms with Crippen LogP contribution in [0.3, 0.4) is 0 Å².